The zero-order valence-electron chi connectivity index (χ0n) is 13.3. The van der Waals surface area contributed by atoms with Gasteiger partial charge in [-0.15, -0.1) is 0 Å². The SMILES string of the molecule is CCOc1ccc(C(C)NS(=O)(=O)c2ccc(Cl)cc2C)cc1. The van der Waals surface area contributed by atoms with Gasteiger partial charge in [0.15, 0.2) is 0 Å². The standard InChI is InChI=1S/C17H20ClNO3S/c1-4-22-16-8-5-14(6-9-16)13(3)19-23(20,21)17-10-7-15(18)11-12(17)2/h5-11,13,19H,4H2,1-3H3. The lowest BCUT2D eigenvalue weighted by Crippen LogP contribution is -2.27. The lowest BCUT2D eigenvalue weighted by Gasteiger charge is -2.16. The van der Waals surface area contributed by atoms with Crippen LogP contribution in [-0.2, 0) is 10.0 Å². The molecule has 0 saturated carbocycles. The fourth-order valence-electron chi connectivity index (χ4n) is 2.30. The summed E-state index contributed by atoms with van der Waals surface area (Å²) in [6, 6.07) is 11.7. The molecule has 6 heteroatoms. The minimum atomic E-state index is -3.62. The van der Waals surface area contributed by atoms with Crippen molar-refractivity contribution < 1.29 is 13.2 Å². The third-order valence-electron chi connectivity index (χ3n) is 3.45. The lowest BCUT2D eigenvalue weighted by molar-refractivity contribution is 0.340. The van der Waals surface area contributed by atoms with Gasteiger partial charge in [-0.25, -0.2) is 13.1 Å². The topological polar surface area (TPSA) is 55.4 Å². The molecule has 0 aliphatic carbocycles. The van der Waals surface area contributed by atoms with Crippen molar-refractivity contribution in [2.45, 2.75) is 31.7 Å². The van der Waals surface area contributed by atoms with E-state index < -0.39 is 10.0 Å². The van der Waals surface area contributed by atoms with E-state index in [0.717, 1.165) is 11.3 Å². The second kappa shape index (κ2) is 7.34. The average molecular weight is 354 g/mol. The normalized spacial score (nSPS) is 12.9. The molecule has 0 spiro atoms. The molecule has 2 aromatic rings. The van der Waals surface area contributed by atoms with Gasteiger partial charge in [0.1, 0.15) is 5.75 Å². The number of hydrogen-bond acceptors (Lipinski definition) is 3. The number of sulfonamides is 1. The van der Waals surface area contributed by atoms with Crippen molar-refractivity contribution >= 4 is 21.6 Å². The van der Waals surface area contributed by atoms with Crippen LogP contribution in [0.25, 0.3) is 0 Å². The van der Waals surface area contributed by atoms with Gasteiger partial charge in [0.25, 0.3) is 0 Å². The molecular weight excluding hydrogens is 334 g/mol. The van der Waals surface area contributed by atoms with Crippen molar-refractivity contribution in [1.29, 1.82) is 0 Å². The molecule has 0 aliphatic rings. The molecule has 4 nitrogen and oxygen atoms in total. The third-order valence-corrected chi connectivity index (χ3v) is 5.39. The second-order valence-electron chi connectivity index (χ2n) is 5.25. The highest BCUT2D eigenvalue weighted by Crippen LogP contribution is 2.23. The minimum absolute atomic E-state index is 0.236. The Morgan fingerprint density at radius 1 is 1.17 bits per heavy atom. The number of halogens is 1. The van der Waals surface area contributed by atoms with Crippen molar-refractivity contribution in [1.82, 2.24) is 4.72 Å². The number of rotatable bonds is 6. The van der Waals surface area contributed by atoms with E-state index in [2.05, 4.69) is 4.72 Å². The van der Waals surface area contributed by atoms with Crippen LogP contribution >= 0.6 is 11.6 Å². The molecule has 0 aromatic heterocycles. The van der Waals surface area contributed by atoms with Crippen LogP contribution in [0, 0.1) is 6.92 Å². The summed E-state index contributed by atoms with van der Waals surface area (Å²) < 4.78 is 33.2. The van der Waals surface area contributed by atoms with Gasteiger partial charge in [0.2, 0.25) is 10.0 Å². The molecule has 0 aliphatic heterocycles. The number of ether oxygens (including phenoxy) is 1. The van der Waals surface area contributed by atoms with E-state index >= 15 is 0 Å². The highest BCUT2D eigenvalue weighted by atomic mass is 35.5. The quantitative estimate of drug-likeness (QED) is 0.851. The molecule has 0 amide bonds. The van der Waals surface area contributed by atoms with Gasteiger partial charge in [-0.1, -0.05) is 23.7 Å². The van der Waals surface area contributed by atoms with E-state index in [4.69, 9.17) is 16.3 Å². The Balaban J connectivity index is 2.19. The van der Waals surface area contributed by atoms with E-state index in [1.54, 1.807) is 26.0 Å². The molecule has 2 aromatic carbocycles. The highest BCUT2D eigenvalue weighted by molar-refractivity contribution is 7.89. The number of nitrogens with one attached hydrogen (secondary N) is 1. The Morgan fingerprint density at radius 3 is 2.39 bits per heavy atom. The van der Waals surface area contributed by atoms with E-state index in [1.165, 1.54) is 6.07 Å². The summed E-state index contributed by atoms with van der Waals surface area (Å²) in [7, 11) is -3.62. The Labute approximate surface area is 142 Å². The lowest BCUT2D eigenvalue weighted by atomic mass is 10.1. The monoisotopic (exact) mass is 353 g/mol. The molecule has 23 heavy (non-hydrogen) atoms. The summed E-state index contributed by atoms with van der Waals surface area (Å²) in [6.45, 7) is 6.04. The van der Waals surface area contributed by atoms with Crippen molar-refractivity contribution in [2.75, 3.05) is 6.61 Å². The zero-order valence-corrected chi connectivity index (χ0v) is 14.9. The van der Waals surface area contributed by atoms with Crippen molar-refractivity contribution in [3.63, 3.8) is 0 Å². The zero-order chi connectivity index (χ0) is 17.0. The maximum atomic E-state index is 12.5. The van der Waals surface area contributed by atoms with Crippen molar-refractivity contribution in [3.8, 4) is 5.75 Å². The Morgan fingerprint density at radius 2 is 1.83 bits per heavy atom. The van der Waals surface area contributed by atoms with Crippen LogP contribution in [0.15, 0.2) is 47.4 Å². The summed E-state index contributed by atoms with van der Waals surface area (Å²) in [4.78, 5) is 0.236. The van der Waals surface area contributed by atoms with Crippen LogP contribution in [0.1, 0.15) is 31.0 Å². The predicted octanol–water partition coefficient (Wildman–Crippen LogP) is 4.09. The van der Waals surface area contributed by atoms with Crippen LogP contribution in [0.4, 0.5) is 0 Å². The van der Waals surface area contributed by atoms with Crippen LogP contribution in [0.2, 0.25) is 5.02 Å². The van der Waals surface area contributed by atoms with Crippen molar-refractivity contribution in [3.05, 3.63) is 58.6 Å². The van der Waals surface area contributed by atoms with Crippen LogP contribution in [0.3, 0.4) is 0 Å². The fourth-order valence-corrected chi connectivity index (χ4v) is 3.98. The molecule has 0 heterocycles. The van der Waals surface area contributed by atoms with Gasteiger partial charge in [-0.05, 0) is 62.2 Å². The fraction of sp³-hybridized carbons (Fsp3) is 0.294. The first-order valence-corrected chi connectivity index (χ1v) is 9.21. The molecule has 1 N–H and O–H groups in total. The maximum Gasteiger partial charge on any atom is 0.241 e. The summed E-state index contributed by atoms with van der Waals surface area (Å²) in [5.74, 6) is 0.764. The average Bonchev–Trinajstić information content (AvgIpc) is 2.47. The van der Waals surface area contributed by atoms with Crippen molar-refractivity contribution in [2.24, 2.45) is 0 Å². The van der Waals surface area contributed by atoms with E-state index in [-0.39, 0.29) is 10.9 Å². The molecule has 2 rings (SSSR count). The molecule has 0 bridgehead atoms. The summed E-state index contributed by atoms with van der Waals surface area (Å²) in [6.07, 6.45) is 0. The summed E-state index contributed by atoms with van der Waals surface area (Å²) in [5.41, 5.74) is 1.48. The summed E-state index contributed by atoms with van der Waals surface area (Å²) in [5, 5.41) is 0.515. The van der Waals surface area contributed by atoms with Crippen LogP contribution in [-0.4, -0.2) is 15.0 Å². The third kappa shape index (κ3) is 4.47. The Kier molecular flexibility index (Phi) is 5.68. The van der Waals surface area contributed by atoms with E-state index in [9.17, 15) is 8.42 Å². The number of aryl methyl sites for hydroxylation is 1. The van der Waals surface area contributed by atoms with Crippen LogP contribution in [0.5, 0.6) is 5.75 Å². The van der Waals surface area contributed by atoms with Gasteiger partial charge in [-0.2, -0.15) is 0 Å². The van der Waals surface area contributed by atoms with Gasteiger partial charge < -0.3 is 4.74 Å². The van der Waals surface area contributed by atoms with Crippen LogP contribution < -0.4 is 9.46 Å². The Bertz CT molecular complexity index is 773. The first-order chi connectivity index (χ1) is 10.8. The Hall–Kier alpha value is -1.56. The number of benzene rings is 2. The first-order valence-electron chi connectivity index (χ1n) is 7.34. The maximum absolute atomic E-state index is 12.5. The smallest absolute Gasteiger partial charge is 0.241 e. The number of hydrogen-bond donors (Lipinski definition) is 1. The molecule has 124 valence electrons. The first kappa shape index (κ1) is 17.8. The second-order valence-corrected chi connectivity index (χ2v) is 7.37. The molecule has 0 fully saturated rings. The minimum Gasteiger partial charge on any atom is -0.494 e. The predicted molar refractivity (Wildman–Crippen MR) is 92.5 cm³/mol. The molecule has 1 atom stereocenters. The summed E-state index contributed by atoms with van der Waals surface area (Å²) >= 11 is 5.88. The highest BCUT2D eigenvalue weighted by Gasteiger charge is 2.20. The van der Waals surface area contributed by atoms with Gasteiger partial charge in [0.05, 0.1) is 11.5 Å². The molecule has 1 unspecified atom stereocenters. The largest absolute Gasteiger partial charge is 0.494 e. The van der Waals surface area contributed by atoms with E-state index in [1.807, 2.05) is 31.2 Å². The van der Waals surface area contributed by atoms with Gasteiger partial charge in [-0.3, -0.25) is 0 Å². The van der Waals surface area contributed by atoms with Gasteiger partial charge in [0, 0.05) is 11.1 Å². The molecule has 0 saturated heterocycles. The molecular formula is C17H20ClNO3S. The van der Waals surface area contributed by atoms with Gasteiger partial charge >= 0.3 is 0 Å². The van der Waals surface area contributed by atoms with E-state index in [0.29, 0.717) is 17.2 Å². The molecule has 0 radical (unpaired) electrons.